The highest BCUT2D eigenvalue weighted by molar-refractivity contribution is 9.10. The van der Waals surface area contributed by atoms with Gasteiger partial charge in [-0.25, -0.2) is 9.47 Å². The van der Waals surface area contributed by atoms with Gasteiger partial charge in [-0.3, -0.25) is 9.36 Å². The van der Waals surface area contributed by atoms with Crippen molar-refractivity contribution < 1.29 is 0 Å². The number of nitrogens with zero attached hydrogens (tertiary/aromatic N) is 2. The van der Waals surface area contributed by atoms with E-state index in [9.17, 15) is 9.59 Å². The van der Waals surface area contributed by atoms with Gasteiger partial charge in [0.25, 0.3) is 5.56 Å². The fourth-order valence-electron chi connectivity index (χ4n) is 1.50. The summed E-state index contributed by atoms with van der Waals surface area (Å²) in [5.74, 6) is 5.48. The van der Waals surface area contributed by atoms with Gasteiger partial charge < -0.3 is 5.84 Å². The first-order valence-corrected chi connectivity index (χ1v) is 6.59. The molecule has 0 bridgehead atoms. The number of nitrogen functional groups attached to an aromatic ring is 1. The van der Waals surface area contributed by atoms with Gasteiger partial charge in [-0.05, 0) is 33.6 Å². The number of nitrogens with two attached hydrogens (primary N) is 1. The van der Waals surface area contributed by atoms with Crippen LogP contribution in [-0.4, -0.2) is 9.24 Å². The van der Waals surface area contributed by atoms with E-state index in [4.69, 9.17) is 5.84 Å². The summed E-state index contributed by atoms with van der Waals surface area (Å²) in [5.41, 5.74) is -0.105. The van der Waals surface area contributed by atoms with E-state index >= 15 is 0 Å². The van der Waals surface area contributed by atoms with Crippen molar-refractivity contribution in [3.8, 4) is 0 Å². The molecule has 0 spiro atoms. The van der Waals surface area contributed by atoms with Gasteiger partial charge in [0.1, 0.15) is 4.47 Å². The molecule has 0 aliphatic carbocycles. The minimum absolute atomic E-state index is 0.182. The van der Waals surface area contributed by atoms with E-state index < -0.39 is 11.2 Å². The SMILES string of the molecule is Nn1cc(Br)c(=O)n(Cc2ccc(Br)cc2)c1=O. The fraction of sp³-hybridized carbons (Fsp3) is 0.0909. The molecule has 0 unspecified atom stereocenters. The number of rotatable bonds is 2. The van der Waals surface area contributed by atoms with Crippen LogP contribution in [0.2, 0.25) is 0 Å². The zero-order valence-corrected chi connectivity index (χ0v) is 12.3. The molecule has 5 nitrogen and oxygen atoms in total. The molecule has 0 atom stereocenters. The van der Waals surface area contributed by atoms with E-state index in [1.807, 2.05) is 24.3 Å². The predicted molar refractivity (Wildman–Crippen MR) is 76.1 cm³/mol. The Balaban J connectivity index is 2.50. The topological polar surface area (TPSA) is 70.0 Å². The van der Waals surface area contributed by atoms with Crippen LogP contribution < -0.4 is 17.1 Å². The second kappa shape index (κ2) is 5.11. The van der Waals surface area contributed by atoms with Gasteiger partial charge in [0, 0.05) is 4.47 Å². The van der Waals surface area contributed by atoms with E-state index in [0.29, 0.717) is 0 Å². The highest BCUT2D eigenvalue weighted by atomic mass is 79.9. The quantitative estimate of drug-likeness (QED) is 0.805. The molecule has 0 aliphatic rings. The molecule has 18 heavy (non-hydrogen) atoms. The molecule has 1 heterocycles. The van der Waals surface area contributed by atoms with Crippen LogP contribution >= 0.6 is 31.9 Å². The first kappa shape index (κ1) is 13.1. The van der Waals surface area contributed by atoms with Crippen molar-refractivity contribution in [1.82, 2.24) is 9.24 Å². The van der Waals surface area contributed by atoms with Crippen LogP contribution in [0.4, 0.5) is 0 Å². The van der Waals surface area contributed by atoms with Gasteiger partial charge in [0.15, 0.2) is 0 Å². The summed E-state index contributed by atoms with van der Waals surface area (Å²) >= 11 is 6.40. The Bertz CT molecular complexity index is 655. The monoisotopic (exact) mass is 373 g/mol. The summed E-state index contributed by atoms with van der Waals surface area (Å²) in [4.78, 5) is 23.6. The number of benzene rings is 1. The molecule has 0 saturated carbocycles. The van der Waals surface area contributed by atoms with E-state index in [0.717, 1.165) is 19.3 Å². The minimum atomic E-state index is -0.550. The Kier molecular flexibility index (Phi) is 3.72. The number of halogens is 2. The van der Waals surface area contributed by atoms with E-state index in [2.05, 4.69) is 31.9 Å². The average molecular weight is 375 g/mol. The number of aromatic nitrogens is 2. The van der Waals surface area contributed by atoms with Crippen molar-refractivity contribution in [3.05, 3.63) is 65.8 Å². The normalized spacial score (nSPS) is 10.6. The maximum Gasteiger partial charge on any atom is 0.349 e. The minimum Gasteiger partial charge on any atom is -0.335 e. The van der Waals surface area contributed by atoms with Crippen LogP contribution in [0.15, 0.2) is 49.0 Å². The first-order valence-electron chi connectivity index (χ1n) is 5.00. The molecule has 7 heteroatoms. The van der Waals surface area contributed by atoms with Crippen molar-refractivity contribution in [1.29, 1.82) is 0 Å². The van der Waals surface area contributed by atoms with Gasteiger partial charge in [0.05, 0.1) is 12.7 Å². The van der Waals surface area contributed by atoms with Crippen LogP contribution in [-0.2, 0) is 6.54 Å². The zero-order chi connectivity index (χ0) is 13.3. The van der Waals surface area contributed by atoms with Crippen molar-refractivity contribution in [2.45, 2.75) is 6.54 Å². The lowest BCUT2D eigenvalue weighted by molar-refractivity contribution is 0.651. The Morgan fingerprint density at radius 3 is 2.33 bits per heavy atom. The van der Waals surface area contributed by atoms with Gasteiger partial charge in [0.2, 0.25) is 0 Å². The third-order valence-electron chi connectivity index (χ3n) is 2.41. The molecular formula is C11H9Br2N3O2. The predicted octanol–water partition coefficient (Wildman–Crippen LogP) is 1.30. The summed E-state index contributed by atoms with van der Waals surface area (Å²) < 4.78 is 3.14. The summed E-state index contributed by atoms with van der Waals surface area (Å²) in [6, 6.07) is 7.36. The molecule has 0 fully saturated rings. The largest absolute Gasteiger partial charge is 0.349 e. The maximum atomic E-state index is 11.9. The van der Waals surface area contributed by atoms with Crippen LogP contribution in [0.5, 0.6) is 0 Å². The third kappa shape index (κ3) is 2.56. The molecule has 2 N–H and O–H groups in total. The van der Waals surface area contributed by atoms with Crippen LogP contribution in [0, 0.1) is 0 Å². The lowest BCUT2D eigenvalue weighted by atomic mass is 10.2. The molecular weight excluding hydrogens is 366 g/mol. The molecule has 2 rings (SSSR count). The van der Waals surface area contributed by atoms with Gasteiger partial charge in [-0.1, -0.05) is 28.1 Å². The standard InChI is InChI=1S/C11H9Br2N3O2/c12-8-3-1-7(2-4-8)5-15-10(17)9(13)6-16(14)11(15)18/h1-4,6H,5,14H2. The summed E-state index contributed by atoms with van der Waals surface area (Å²) in [7, 11) is 0. The summed E-state index contributed by atoms with van der Waals surface area (Å²) in [6.45, 7) is 0.182. The third-order valence-corrected chi connectivity index (χ3v) is 3.48. The molecule has 94 valence electrons. The lowest BCUT2D eigenvalue weighted by Crippen LogP contribution is -2.42. The molecule has 1 aromatic carbocycles. The Hall–Kier alpha value is -1.34. The Labute approximate surface area is 119 Å². The number of hydrogen-bond donors (Lipinski definition) is 1. The average Bonchev–Trinajstić information content (AvgIpc) is 2.34. The lowest BCUT2D eigenvalue weighted by Gasteiger charge is -2.07. The van der Waals surface area contributed by atoms with Crippen LogP contribution in [0.25, 0.3) is 0 Å². The molecule has 1 aromatic heterocycles. The molecule has 2 aromatic rings. The second-order valence-electron chi connectivity index (χ2n) is 3.68. The smallest absolute Gasteiger partial charge is 0.335 e. The molecule has 0 amide bonds. The maximum absolute atomic E-state index is 11.9. The van der Waals surface area contributed by atoms with E-state index in [-0.39, 0.29) is 11.0 Å². The van der Waals surface area contributed by atoms with Crippen LogP contribution in [0.3, 0.4) is 0 Å². The van der Waals surface area contributed by atoms with Crippen molar-refractivity contribution in [3.63, 3.8) is 0 Å². The first-order chi connectivity index (χ1) is 8.49. The van der Waals surface area contributed by atoms with E-state index in [1.54, 1.807) is 0 Å². The van der Waals surface area contributed by atoms with Gasteiger partial charge >= 0.3 is 5.69 Å². The van der Waals surface area contributed by atoms with Gasteiger partial charge in [-0.2, -0.15) is 0 Å². The van der Waals surface area contributed by atoms with Crippen molar-refractivity contribution in [2.75, 3.05) is 5.84 Å². The Morgan fingerprint density at radius 1 is 1.11 bits per heavy atom. The molecule has 0 radical (unpaired) electrons. The summed E-state index contributed by atoms with van der Waals surface area (Å²) in [5, 5.41) is 0. The molecule has 0 aliphatic heterocycles. The fourth-order valence-corrected chi connectivity index (χ4v) is 2.20. The molecule has 0 saturated heterocycles. The highest BCUT2D eigenvalue weighted by Crippen LogP contribution is 2.10. The van der Waals surface area contributed by atoms with Gasteiger partial charge in [-0.15, -0.1) is 0 Å². The summed E-state index contributed by atoms with van der Waals surface area (Å²) in [6.07, 6.45) is 1.25. The number of hydrogen-bond acceptors (Lipinski definition) is 3. The van der Waals surface area contributed by atoms with Crippen LogP contribution in [0.1, 0.15) is 5.56 Å². The Morgan fingerprint density at radius 2 is 1.72 bits per heavy atom. The van der Waals surface area contributed by atoms with Crippen molar-refractivity contribution in [2.24, 2.45) is 0 Å². The highest BCUT2D eigenvalue weighted by Gasteiger charge is 2.08. The zero-order valence-electron chi connectivity index (χ0n) is 9.14. The van der Waals surface area contributed by atoms with E-state index in [1.165, 1.54) is 6.20 Å². The van der Waals surface area contributed by atoms with Crippen molar-refractivity contribution >= 4 is 31.9 Å². The second-order valence-corrected chi connectivity index (χ2v) is 5.45.